The van der Waals surface area contributed by atoms with Crippen LogP contribution < -0.4 is 10.4 Å². The fourth-order valence-corrected chi connectivity index (χ4v) is 2.27. The first-order valence-corrected chi connectivity index (χ1v) is 7.21. The Balaban J connectivity index is 2.28. The van der Waals surface area contributed by atoms with Crippen LogP contribution in [-0.4, -0.2) is 17.0 Å². The van der Waals surface area contributed by atoms with Crippen molar-refractivity contribution in [2.24, 2.45) is 0 Å². The predicted molar refractivity (Wildman–Crippen MR) is 84.0 cm³/mol. The summed E-state index contributed by atoms with van der Waals surface area (Å²) in [6, 6.07) is 10.5. The Labute approximate surface area is 141 Å². The van der Waals surface area contributed by atoms with Crippen molar-refractivity contribution in [3.8, 4) is 0 Å². The first-order valence-electron chi connectivity index (χ1n) is 7.21. The molecule has 5 nitrogen and oxygen atoms in total. The number of anilines is 1. The molecule has 0 atom stereocenters. The van der Waals surface area contributed by atoms with Crippen molar-refractivity contribution in [1.82, 2.24) is 5.48 Å². The number of nitrogens with zero attached hydrogens (tertiary/aromatic N) is 1. The molecule has 2 amide bonds. The normalized spacial score (nSPS) is 11.1. The third kappa shape index (κ3) is 4.57. The minimum absolute atomic E-state index is 0.0508. The predicted octanol–water partition coefficient (Wildman–Crippen LogP) is 3.38. The highest BCUT2D eigenvalue weighted by Gasteiger charge is 2.30. The van der Waals surface area contributed by atoms with E-state index in [2.05, 4.69) is 0 Å². The number of carbonyl (C=O) groups is 2. The maximum atomic E-state index is 12.8. The van der Waals surface area contributed by atoms with Crippen molar-refractivity contribution >= 4 is 17.5 Å². The molecular formula is C17H15F3N2O3. The highest BCUT2D eigenvalue weighted by atomic mass is 19.4. The number of alkyl halides is 3. The fourth-order valence-electron chi connectivity index (χ4n) is 2.27. The number of nitrogens with one attached hydrogen (secondary N) is 1. The van der Waals surface area contributed by atoms with E-state index in [0.717, 1.165) is 12.1 Å². The van der Waals surface area contributed by atoms with Crippen LogP contribution in [0.1, 0.15) is 28.4 Å². The Bertz CT molecular complexity index is 773. The summed E-state index contributed by atoms with van der Waals surface area (Å²) in [6.45, 7) is 1.24. The molecule has 132 valence electrons. The molecule has 2 N–H and O–H groups in total. The molecule has 0 aliphatic carbocycles. The molecular weight excluding hydrogens is 337 g/mol. The number of hydrogen-bond acceptors (Lipinski definition) is 3. The molecule has 2 rings (SSSR count). The summed E-state index contributed by atoms with van der Waals surface area (Å²) in [6.07, 6.45) is -4.46. The van der Waals surface area contributed by atoms with Crippen LogP contribution in [-0.2, 0) is 17.5 Å². The average molecular weight is 352 g/mol. The van der Waals surface area contributed by atoms with Gasteiger partial charge in [0.1, 0.15) is 0 Å². The van der Waals surface area contributed by atoms with Crippen LogP contribution in [0.2, 0.25) is 0 Å². The standard InChI is InChI=1S/C17H15F3N2O3/c1-11(23)22(15-7-5-13(6-8-15)16(24)21-25)10-12-3-2-4-14(9-12)17(18,19)20/h2-9,25H,10H2,1H3,(H,21,24). The first-order chi connectivity index (χ1) is 11.7. The van der Waals surface area contributed by atoms with E-state index < -0.39 is 17.6 Å². The summed E-state index contributed by atoms with van der Waals surface area (Å²) in [7, 11) is 0. The third-order valence-electron chi connectivity index (χ3n) is 3.52. The highest BCUT2D eigenvalue weighted by molar-refractivity contribution is 5.95. The minimum Gasteiger partial charge on any atom is -0.308 e. The molecule has 8 heteroatoms. The van der Waals surface area contributed by atoms with E-state index in [1.165, 1.54) is 53.7 Å². The number of rotatable bonds is 4. The molecule has 25 heavy (non-hydrogen) atoms. The van der Waals surface area contributed by atoms with E-state index in [-0.39, 0.29) is 18.0 Å². The van der Waals surface area contributed by atoms with Crippen molar-refractivity contribution in [2.75, 3.05) is 4.90 Å². The fraction of sp³-hybridized carbons (Fsp3) is 0.176. The van der Waals surface area contributed by atoms with Gasteiger partial charge < -0.3 is 4.90 Å². The number of carbonyl (C=O) groups excluding carboxylic acids is 2. The maximum Gasteiger partial charge on any atom is 0.416 e. The molecule has 0 aliphatic rings. The van der Waals surface area contributed by atoms with E-state index in [4.69, 9.17) is 5.21 Å². The number of benzene rings is 2. The lowest BCUT2D eigenvalue weighted by Crippen LogP contribution is -2.28. The van der Waals surface area contributed by atoms with Gasteiger partial charge in [-0.3, -0.25) is 14.8 Å². The second kappa shape index (κ2) is 7.35. The van der Waals surface area contributed by atoms with Gasteiger partial charge in [0, 0.05) is 18.2 Å². The molecule has 0 bridgehead atoms. The first kappa shape index (κ1) is 18.5. The molecule has 0 radical (unpaired) electrons. The van der Waals surface area contributed by atoms with Gasteiger partial charge in [0.15, 0.2) is 0 Å². The number of amides is 2. The van der Waals surface area contributed by atoms with Gasteiger partial charge in [0.25, 0.3) is 5.91 Å². The van der Waals surface area contributed by atoms with Crippen molar-refractivity contribution in [3.05, 3.63) is 65.2 Å². The van der Waals surface area contributed by atoms with Crippen LogP contribution in [0.5, 0.6) is 0 Å². The molecule has 0 aromatic heterocycles. The molecule has 0 spiro atoms. The lowest BCUT2D eigenvalue weighted by atomic mass is 10.1. The summed E-state index contributed by atoms with van der Waals surface area (Å²) in [4.78, 5) is 24.5. The summed E-state index contributed by atoms with van der Waals surface area (Å²) in [5.41, 5.74) is 1.61. The SMILES string of the molecule is CC(=O)N(Cc1cccc(C(F)(F)F)c1)c1ccc(C(=O)NO)cc1. The molecule has 2 aromatic rings. The van der Waals surface area contributed by atoms with Gasteiger partial charge >= 0.3 is 6.18 Å². The van der Waals surface area contributed by atoms with Gasteiger partial charge in [0.05, 0.1) is 12.1 Å². The smallest absolute Gasteiger partial charge is 0.308 e. The van der Waals surface area contributed by atoms with Crippen LogP contribution >= 0.6 is 0 Å². The maximum absolute atomic E-state index is 12.8. The van der Waals surface area contributed by atoms with Crippen LogP contribution in [0.3, 0.4) is 0 Å². The molecule has 0 aliphatic heterocycles. The topological polar surface area (TPSA) is 69.6 Å². The van der Waals surface area contributed by atoms with Crippen LogP contribution in [0, 0.1) is 0 Å². The molecule has 0 saturated heterocycles. The van der Waals surface area contributed by atoms with E-state index in [1.54, 1.807) is 0 Å². The van der Waals surface area contributed by atoms with E-state index in [0.29, 0.717) is 11.3 Å². The zero-order valence-electron chi connectivity index (χ0n) is 13.2. The Morgan fingerprint density at radius 3 is 2.28 bits per heavy atom. The van der Waals surface area contributed by atoms with Crippen molar-refractivity contribution in [1.29, 1.82) is 0 Å². The Morgan fingerprint density at radius 1 is 1.12 bits per heavy atom. The zero-order chi connectivity index (χ0) is 18.6. The average Bonchev–Trinajstić information content (AvgIpc) is 2.58. The van der Waals surface area contributed by atoms with Gasteiger partial charge in [-0.1, -0.05) is 12.1 Å². The Kier molecular flexibility index (Phi) is 5.43. The van der Waals surface area contributed by atoms with Gasteiger partial charge in [0.2, 0.25) is 5.91 Å². The van der Waals surface area contributed by atoms with E-state index in [9.17, 15) is 22.8 Å². The lowest BCUT2D eigenvalue weighted by molar-refractivity contribution is -0.137. The summed E-state index contributed by atoms with van der Waals surface area (Å²) < 4.78 is 38.4. The van der Waals surface area contributed by atoms with Crippen LogP contribution in [0.25, 0.3) is 0 Å². The lowest BCUT2D eigenvalue weighted by Gasteiger charge is -2.22. The second-order valence-electron chi connectivity index (χ2n) is 5.29. The third-order valence-corrected chi connectivity index (χ3v) is 3.52. The molecule has 0 heterocycles. The molecule has 0 unspecified atom stereocenters. The largest absolute Gasteiger partial charge is 0.416 e. The number of hydrogen-bond donors (Lipinski definition) is 2. The van der Waals surface area contributed by atoms with Crippen molar-refractivity contribution < 1.29 is 28.0 Å². The van der Waals surface area contributed by atoms with Gasteiger partial charge in [-0.05, 0) is 42.0 Å². The van der Waals surface area contributed by atoms with E-state index in [1.807, 2.05) is 0 Å². The Hall–Kier alpha value is -2.87. The second-order valence-corrected chi connectivity index (χ2v) is 5.29. The highest BCUT2D eigenvalue weighted by Crippen LogP contribution is 2.30. The Morgan fingerprint density at radius 2 is 1.76 bits per heavy atom. The monoisotopic (exact) mass is 352 g/mol. The molecule has 2 aromatic carbocycles. The van der Waals surface area contributed by atoms with Gasteiger partial charge in [-0.2, -0.15) is 13.2 Å². The summed E-state index contributed by atoms with van der Waals surface area (Å²) >= 11 is 0. The van der Waals surface area contributed by atoms with Crippen LogP contribution in [0.4, 0.5) is 18.9 Å². The van der Waals surface area contributed by atoms with Gasteiger partial charge in [-0.25, -0.2) is 5.48 Å². The summed E-state index contributed by atoms with van der Waals surface area (Å²) in [5.74, 6) is -1.07. The van der Waals surface area contributed by atoms with Gasteiger partial charge in [-0.15, -0.1) is 0 Å². The van der Waals surface area contributed by atoms with Crippen molar-refractivity contribution in [3.63, 3.8) is 0 Å². The zero-order valence-corrected chi connectivity index (χ0v) is 13.2. The minimum atomic E-state index is -4.46. The number of hydroxylamine groups is 1. The van der Waals surface area contributed by atoms with Crippen LogP contribution in [0.15, 0.2) is 48.5 Å². The number of halogens is 3. The van der Waals surface area contributed by atoms with Crippen molar-refractivity contribution in [2.45, 2.75) is 19.6 Å². The summed E-state index contributed by atoms with van der Waals surface area (Å²) in [5, 5.41) is 8.59. The quantitative estimate of drug-likeness (QED) is 0.655. The van der Waals surface area contributed by atoms with E-state index >= 15 is 0 Å². The molecule has 0 fully saturated rings. The molecule has 0 saturated carbocycles.